The topological polar surface area (TPSA) is 48.1 Å². The Morgan fingerprint density at radius 2 is 1.78 bits per heavy atom. The molecule has 0 aliphatic heterocycles. The molecule has 2 aromatic rings. The fourth-order valence-corrected chi connectivity index (χ4v) is 2.07. The molecule has 1 aromatic carbocycles. The molecular formula is C13H12BrClN2O. The second-order valence-electron chi connectivity index (χ2n) is 4.03. The Labute approximate surface area is 119 Å². The summed E-state index contributed by atoms with van der Waals surface area (Å²) >= 11 is 9.34. The zero-order chi connectivity index (χ0) is 13.3. The first kappa shape index (κ1) is 13.2. The molecule has 5 heteroatoms. The third-order valence-electron chi connectivity index (χ3n) is 2.43. The predicted molar refractivity (Wildman–Crippen MR) is 77.3 cm³/mol. The maximum Gasteiger partial charge on any atom is 0.222 e. The van der Waals surface area contributed by atoms with Gasteiger partial charge in [-0.1, -0.05) is 27.5 Å². The minimum Gasteiger partial charge on any atom is -0.439 e. The zero-order valence-electron chi connectivity index (χ0n) is 10.00. The Bertz CT molecular complexity index is 558. The Balaban J connectivity index is 2.34. The summed E-state index contributed by atoms with van der Waals surface area (Å²) in [5.41, 5.74) is 8.40. The zero-order valence-corrected chi connectivity index (χ0v) is 12.3. The summed E-state index contributed by atoms with van der Waals surface area (Å²) in [4.78, 5) is 4.06. The van der Waals surface area contributed by atoms with E-state index in [0.717, 1.165) is 15.6 Å². The van der Waals surface area contributed by atoms with Crippen LogP contribution in [0.4, 0.5) is 5.69 Å². The van der Waals surface area contributed by atoms with Crippen LogP contribution in [0.1, 0.15) is 11.1 Å². The molecule has 94 valence electrons. The minimum atomic E-state index is 0.315. The van der Waals surface area contributed by atoms with Crippen molar-refractivity contribution in [3.63, 3.8) is 0 Å². The highest BCUT2D eigenvalue weighted by Gasteiger charge is 2.06. The molecule has 0 spiro atoms. The summed E-state index contributed by atoms with van der Waals surface area (Å²) in [5, 5.41) is 0.315. The molecule has 1 heterocycles. The molecule has 0 aliphatic carbocycles. The third-order valence-corrected chi connectivity index (χ3v) is 3.87. The van der Waals surface area contributed by atoms with Crippen molar-refractivity contribution in [3.05, 3.63) is 45.0 Å². The molecule has 0 radical (unpaired) electrons. The maximum absolute atomic E-state index is 5.83. The lowest BCUT2D eigenvalue weighted by Gasteiger charge is -2.09. The lowest BCUT2D eigenvalue weighted by molar-refractivity contribution is 0.462. The number of pyridine rings is 1. The van der Waals surface area contributed by atoms with Gasteiger partial charge in [-0.25, -0.2) is 4.98 Å². The molecule has 0 amide bonds. The maximum atomic E-state index is 5.83. The molecule has 0 fully saturated rings. The fourth-order valence-electron chi connectivity index (χ4n) is 1.63. The molecule has 0 saturated carbocycles. The predicted octanol–water partition coefficient (Wildman–Crippen LogP) is 4.49. The number of aromatic nitrogens is 1. The fraction of sp³-hybridized carbons (Fsp3) is 0.154. The number of nitrogens with zero attached hydrogens (tertiary/aromatic N) is 1. The summed E-state index contributed by atoms with van der Waals surface area (Å²) in [6.45, 7) is 4.01. The van der Waals surface area contributed by atoms with E-state index in [0.29, 0.717) is 22.5 Å². The van der Waals surface area contributed by atoms with E-state index < -0.39 is 0 Å². The largest absolute Gasteiger partial charge is 0.439 e. The van der Waals surface area contributed by atoms with Crippen molar-refractivity contribution in [1.82, 2.24) is 4.98 Å². The van der Waals surface area contributed by atoms with Crippen molar-refractivity contribution in [2.75, 3.05) is 5.73 Å². The molecule has 0 bridgehead atoms. The summed E-state index contributed by atoms with van der Waals surface area (Å²) in [6.07, 6.45) is 0. The molecule has 0 atom stereocenters. The highest BCUT2D eigenvalue weighted by Crippen LogP contribution is 2.29. The quantitative estimate of drug-likeness (QED) is 0.827. The van der Waals surface area contributed by atoms with Crippen LogP contribution >= 0.6 is 27.5 Å². The van der Waals surface area contributed by atoms with E-state index in [-0.39, 0.29) is 0 Å². The third kappa shape index (κ3) is 2.94. The van der Waals surface area contributed by atoms with Gasteiger partial charge in [0.1, 0.15) is 10.9 Å². The van der Waals surface area contributed by atoms with Gasteiger partial charge in [0.15, 0.2) is 0 Å². The van der Waals surface area contributed by atoms with Crippen LogP contribution in [-0.4, -0.2) is 4.98 Å². The minimum absolute atomic E-state index is 0.315. The van der Waals surface area contributed by atoms with E-state index in [1.807, 2.05) is 26.0 Å². The molecule has 18 heavy (non-hydrogen) atoms. The first-order chi connectivity index (χ1) is 8.45. The van der Waals surface area contributed by atoms with Gasteiger partial charge >= 0.3 is 0 Å². The van der Waals surface area contributed by atoms with Crippen LogP contribution in [0.25, 0.3) is 0 Å². The van der Waals surface area contributed by atoms with Gasteiger partial charge in [0.05, 0.1) is 0 Å². The van der Waals surface area contributed by atoms with Crippen LogP contribution in [-0.2, 0) is 0 Å². The number of aryl methyl sites for hydroxylation is 2. The summed E-state index contributed by atoms with van der Waals surface area (Å²) in [5.74, 6) is 1.10. The number of nitrogens with two attached hydrogens (primary N) is 1. The second kappa shape index (κ2) is 5.16. The van der Waals surface area contributed by atoms with Crippen LogP contribution in [0.15, 0.2) is 28.7 Å². The van der Waals surface area contributed by atoms with Crippen LogP contribution in [0.5, 0.6) is 11.6 Å². The molecular weight excluding hydrogens is 316 g/mol. The smallest absolute Gasteiger partial charge is 0.222 e. The van der Waals surface area contributed by atoms with Crippen molar-refractivity contribution in [2.24, 2.45) is 0 Å². The van der Waals surface area contributed by atoms with Gasteiger partial charge in [-0.05, 0) is 43.2 Å². The van der Waals surface area contributed by atoms with Crippen LogP contribution in [0, 0.1) is 13.8 Å². The van der Waals surface area contributed by atoms with E-state index in [1.165, 1.54) is 0 Å². The van der Waals surface area contributed by atoms with Gasteiger partial charge in [0, 0.05) is 16.2 Å². The molecule has 3 nitrogen and oxygen atoms in total. The average Bonchev–Trinajstić information content (AvgIpc) is 2.24. The van der Waals surface area contributed by atoms with Crippen LogP contribution in [0.3, 0.4) is 0 Å². The van der Waals surface area contributed by atoms with Gasteiger partial charge in [0.25, 0.3) is 0 Å². The van der Waals surface area contributed by atoms with Crippen molar-refractivity contribution in [3.8, 4) is 11.6 Å². The van der Waals surface area contributed by atoms with E-state index in [4.69, 9.17) is 22.1 Å². The van der Waals surface area contributed by atoms with Crippen LogP contribution in [0.2, 0.25) is 5.15 Å². The Morgan fingerprint density at radius 1 is 1.17 bits per heavy atom. The molecule has 0 unspecified atom stereocenters. The van der Waals surface area contributed by atoms with Gasteiger partial charge < -0.3 is 10.5 Å². The van der Waals surface area contributed by atoms with Crippen molar-refractivity contribution in [1.29, 1.82) is 0 Å². The summed E-state index contributed by atoms with van der Waals surface area (Å²) in [7, 11) is 0. The van der Waals surface area contributed by atoms with E-state index in [9.17, 15) is 0 Å². The molecule has 0 saturated heterocycles. The van der Waals surface area contributed by atoms with E-state index in [2.05, 4.69) is 20.9 Å². The number of benzene rings is 1. The highest BCUT2D eigenvalue weighted by molar-refractivity contribution is 9.10. The van der Waals surface area contributed by atoms with Gasteiger partial charge in [-0.3, -0.25) is 0 Å². The second-order valence-corrected chi connectivity index (χ2v) is 5.21. The van der Waals surface area contributed by atoms with E-state index in [1.54, 1.807) is 12.1 Å². The van der Waals surface area contributed by atoms with Crippen molar-refractivity contribution >= 4 is 33.2 Å². The number of halogens is 2. The number of anilines is 1. The normalized spacial score (nSPS) is 10.4. The number of hydrogen-bond acceptors (Lipinski definition) is 3. The lowest BCUT2D eigenvalue weighted by atomic mass is 10.1. The van der Waals surface area contributed by atoms with Gasteiger partial charge in [-0.2, -0.15) is 0 Å². The molecule has 2 rings (SSSR count). The Kier molecular flexibility index (Phi) is 3.78. The standard InChI is InChI=1S/C13H12BrClN2O/c1-7-3-10(4-8(2)13(7)14)18-12-6-9(16)5-11(15)17-12/h3-6H,1-2H3,(H2,16,17). The monoisotopic (exact) mass is 326 g/mol. The number of ether oxygens (including phenoxy) is 1. The number of nitrogen functional groups attached to an aromatic ring is 1. The van der Waals surface area contributed by atoms with Crippen LogP contribution < -0.4 is 10.5 Å². The van der Waals surface area contributed by atoms with E-state index >= 15 is 0 Å². The number of hydrogen-bond donors (Lipinski definition) is 1. The summed E-state index contributed by atoms with van der Waals surface area (Å²) < 4.78 is 6.74. The molecule has 2 N–H and O–H groups in total. The van der Waals surface area contributed by atoms with Gasteiger partial charge in [-0.15, -0.1) is 0 Å². The average molecular weight is 328 g/mol. The highest BCUT2D eigenvalue weighted by atomic mass is 79.9. The van der Waals surface area contributed by atoms with Crippen molar-refractivity contribution in [2.45, 2.75) is 13.8 Å². The lowest BCUT2D eigenvalue weighted by Crippen LogP contribution is -1.93. The van der Waals surface area contributed by atoms with Crippen molar-refractivity contribution < 1.29 is 4.74 Å². The Morgan fingerprint density at radius 3 is 2.33 bits per heavy atom. The van der Waals surface area contributed by atoms with Gasteiger partial charge in [0.2, 0.25) is 5.88 Å². The molecule has 1 aromatic heterocycles. The SMILES string of the molecule is Cc1cc(Oc2cc(N)cc(Cl)n2)cc(C)c1Br. The number of rotatable bonds is 2. The molecule has 0 aliphatic rings. The summed E-state index contributed by atoms with van der Waals surface area (Å²) in [6, 6.07) is 7.07. The Hall–Kier alpha value is -1.26. The first-order valence-corrected chi connectivity index (χ1v) is 6.50. The first-order valence-electron chi connectivity index (χ1n) is 5.33.